The number of aromatic nitrogens is 1. The quantitative estimate of drug-likeness (QED) is 0.549. The van der Waals surface area contributed by atoms with Crippen molar-refractivity contribution in [1.82, 2.24) is 4.98 Å². The highest BCUT2D eigenvalue weighted by Crippen LogP contribution is 2.17. The molecule has 0 saturated carbocycles. The van der Waals surface area contributed by atoms with E-state index in [0.717, 1.165) is 16.5 Å². The second-order valence-corrected chi connectivity index (χ2v) is 5.64. The van der Waals surface area contributed by atoms with Crippen LogP contribution in [0.2, 0.25) is 0 Å². The van der Waals surface area contributed by atoms with Gasteiger partial charge in [0.15, 0.2) is 0 Å². The zero-order valence-electron chi connectivity index (χ0n) is 13.3. The Balaban J connectivity index is 1.66. The average molecular weight is 336 g/mol. The van der Waals surface area contributed by atoms with Gasteiger partial charge in [-0.15, -0.1) is 0 Å². The lowest BCUT2D eigenvalue weighted by Gasteiger charge is -2.12. The van der Waals surface area contributed by atoms with Gasteiger partial charge in [0, 0.05) is 17.5 Å². The number of fused-ring (bicyclic) bond motifs is 1. The summed E-state index contributed by atoms with van der Waals surface area (Å²) in [5, 5.41) is 14.3. The van der Waals surface area contributed by atoms with Crippen LogP contribution in [0.4, 0.5) is 11.4 Å². The molecule has 0 radical (unpaired) electrons. The molecule has 3 aromatic rings. The lowest BCUT2D eigenvalue weighted by molar-refractivity contribution is -0.384. The molecule has 1 heterocycles. The number of benzene rings is 2. The Labute approximate surface area is 143 Å². The van der Waals surface area contributed by atoms with E-state index in [1.165, 1.54) is 12.1 Å². The normalized spacial score (nSPS) is 11.9. The van der Waals surface area contributed by atoms with Gasteiger partial charge in [0.1, 0.15) is 0 Å². The van der Waals surface area contributed by atoms with Gasteiger partial charge in [-0.2, -0.15) is 0 Å². The maximum absolute atomic E-state index is 12.3. The van der Waals surface area contributed by atoms with E-state index in [0.29, 0.717) is 5.69 Å². The number of hydrogen-bond acceptors (Lipinski definition) is 5. The van der Waals surface area contributed by atoms with Gasteiger partial charge in [-0.3, -0.25) is 19.9 Å². The molecule has 0 bridgehead atoms. The van der Waals surface area contributed by atoms with Gasteiger partial charge >= 0.3 is 0 Å². The van der Waals surface area contributed by atoms with Crippen molar-refractivity contribution in [3.8, 4) is 0 Å². The number of para-hydroxylation sites is 1. The molecule has 0 spiro atoms. The molecule has 7 heteroatoms. The largest absolute Gasteiger partial charge is 0.323 e. The molecule has 0 aliphatic rings. The summed E-state index contributed by atoms with van der Waals surface area (Å²) in [6.45, 7) is 0. The molecule has 2 aromatic carbocycles. The second kappa shape index (κ2) is 7.06. The molecular weight excluding hydrogens is 320 g/mol. The SMILES string of the molecule is NC(Cc1ccc([N+](=O)[O-])cc1)C(=O)Nc1cnc2ccccc2c1. The number of amides is 1. The first kappa shape index (κ1) is 16.5. The Kier molecular flexibility index (Phi) is 4.67. The molecule has 3 rings (SSSR count). The van der Waals surface area contributed by atoms with Crippen LogP contribution in [0.15, 0.2) is 60.8 Å². The number of nitrogens with one attached hydrogen (secondary N) is 1. The van der Waals surface area contributed by atoms with Crippen molar-refractivity contribution in [3.63, 3.8) is 0 Å². The molecule has 0 aliphatic heterocycles. The van der Waals surface area contributed by atoms with Crippen molar-refractivity contribution < 1.29 is 9.72 Å². The van der Waals surface area contributed by atoms with E-state index in [9.17, 15) is 14.9 Å². The number of nitrogens with zero attached hydrogens (tertiary/aromatic N) is 2. The fraction of sp³-hybridized carbons (Fsp3) is 0.111. The minimum Gasteiger partial charge on any atom is -0.323 e. The maximum Gasteiger partial charge on any atom is 0.269 e. The molecule has 1 unspecified atom stereocenters. The number of nitrogens with two attached hydrogens (primary N) is 1. The number of nitro benzene ring substituents is 1. The monoisotopic (exact) mass is 336 g/mol. The highest BCUT2D eigenvalue weighted by atomic mass is 16.6. The Morgan fingerprint density at radius 3 is 2.64 bits per heavy atom. The summed E-state index contributed by atoms with van der Waals surface area (Å²) in [5.74, 6) is -0.338. The third-order valence-corrected chi connectivity index (χ3v) is 3.80. The van der Waals surface area contributed by atoms with Crippen molar-refractivity contribution in [2.75, 3.05) is 5.32 Å². The van der Waals surface area contributed by atoms with Crippen LogP contribution >= 0.6 is 0 Å². The van der Waals surface area contributed by atoms with Gasteiger partial charge in [-0.25, -0.2) is 0 Å². The zero-order chi connectivity index (χ0) is 17.8. The Bertz CT molecular complexity index is 925. The van der Waals surface area contributed by atoms with Gasteiger partial charge in [-0.1, -0.05) is 30.3 Å². The first-order chi connectivity index (χ1) is 12.0. The Morgan fingerprint density at radius 1 is 1.20 bits per heavy atom. The van der Waals surface area contributed by atoms with Crippen LogP contribution in [0.3, 0.4) is 0 Å². The number of carbonyl (C=O) groups excluding carboxylic acids is 1. The fourth-order valence-corrected chi connectivity index (χ4v) is 2.47. The summed E-state index contributed by atoms with van der Waals surface area (Å²) in [6, 6.07) is 14.7. The van der Waals surface area contributed by atoms with Crippen LogP contribution in [-0.2, 0) is 11.2 Å². The van der Waals surface area contributed by atoms with E-state index in [-0.39, 0.29) is 18.0 Å². The van der Waals surface area contributed by atoms with Crippen molar-refractivity contribution in [1.29, 1.82) is 0 Å². The standard InChI is InChI=1S/C18H16N4O3/c19-16(9-12-5-7-15(8-6-12)22(24)25)18(23)21-14-10-13-3-1-2-4-17(13)20-11-14/h1-8,10-11,16H,9,19H2,(H,21,23). The van der Waals surface area contributed by atoms with Crippen LogP contribution < -0.4 is 11.1 Å². The first-order valence-corrected chi connectivity index (χ1v) is 7.67. The molecule has 1 amide bonds. The lowest BCUT2D eigenvalue weighted by atomic mass is 10.1. The highest BCUT2D eigenvalue weighted by Gasteiger charge is 2.15. The van der Waals surface area contributed by atoms with Crippen molar-refractivity contribution in [2.45, 2.75) is 12.5 Å². The van der Waals surface area contributed by atoms with E-state index < -0.39 is 11.0 Å². The minimum absolute atomic E-state index is 0.00371. The highest BCUT2D eigenvalue weighted by molar-refractivity contribution is 5.96. The van der Waals surface area contributed by atoms with E-state index in [1.807, 2.05) is 30.3 Å². The molecule has 126 valence electrons. The molecule has 3 N–H and O–H groups in total. The second-order valence-electron chi connectivity index (χ2n) is 5.64. The van der Waals surface area contributed by atoms with E-state index in [4.69, 9.17) is 5.73 Å². The smallest absolute Gasteiger partial charge is 0.269 e. The predicted molar refractivity (Wildman–Crippen MR) is 95.1 cm³/mol. The maximum atomic E-state index is 12.3. The number of hydrogen-bond donors (Lipinski definition) is 2. The van der Waals surface area contributed by atoms with Crippen LogP contribution in [0, 0.1) is 10.1 Å². The van der Waals surface area contributed by atoms with Gasteiger partial charge in [0.2, 0.25) is 5.91 Å². The van der Waals surface area contributed by atoms with Crippen LogP contribution in [0.5, 0.6) is 0 Å². The molecule has 0 aliphatic carbocycles. The summed E-state index contributed by atoms with van der Waals surface area (Å²) < 4.78 is 0. The molecular formula is C18H16N4O3. The van der Waals surface area contributed by atoms with Crippen molar-refractivity contribution >= 4 is 28.2 Å². The van der Waals surface area contributed by atoms with Gasteiger partial charge in [-0.05, 0) is 24.1 Å². The number of nitro groups is 1. The van der Waals surface area contributed by atoms with Crippen LogP contribution in [-0.4, -0.2) is 21.9 Å². The van der Waals surface area contributed by atoms with Gasteiger partial charge < -0.3 is 11.1 Å². The molecule has 1 aromatic heterocycles. The number of non-ortho nitro benzene ring substituents is 1. The molecule has 1 atom stereocenters. The minimum atomic E-state index is -0.770. The molecule has 0 saturated heterocycles. The molecule has 7 nitrogen and oxygen atoms in total. The number of rotatable bonds is 5. The Morgan fingerprint density at radius 2 is 1.92 bits per heavy atom. The summed E-state index contributed by atoms with van der Waals surface area (Å²) in [6.07, 6.45) is 1.86. The number of anilines is 1. The van der Waals surface area contributed by atoms with Crippen molar-refractivity contribution in [3.05, 3.63) is 76.5 Å². The fourth-order valence-electron chi connectivity index (χ4n) is 2.47. The van der Waals surface area contributed by atoms with E-state index in [1.54, 1.807) is 18.3 Å². The lowest BCUT2D eigenvalue weighted by Crippen LogP contribution is -2.37. The topological polar surface area (TPSA) is 111 Å². The third kappa shape index (κ3) is 3.96. The van der Waals surface area contributed by atoms with Crippen LogP contribution in [0.1, 0.15) is 5.56 Å². The third-order valence-electron chi connectivity index (χ3n) is 3.80. The Hall–Kier alpha value is -3.32. The number of pyridine rings is 1. The van der Waals surface area contributed by atoms with Gasteiger partial charge in [0.05, 0.1) is 28.4 Å². The van der Waals surface area contributed by atoms with E-state index in [2.05, 4.69) is 10.3 Å². The summed E-state index contributed by atoms with van der Waals surface area (Å²) >= 11 is 0. The summed E-state index contributed by atoms with van der Waals surface area (Å²) in [5.41, 5.74) is 8.11. The van der Waals surface area contributed by atoms with Crippen molar-refractivity contribution in [2.24, 2.45) is 5.73 Å². The van der Waals surface area contributed by atoms with E-state index >= 15 is 0 Å². The predicted octanol–water partition coefficient (Wildman–Crippen LogP) is 2.65. The first-order valence-electron chi connectivity index (χ1n) is 7.67. The van der Waals surface area contributed by atoms with Gasteiger partial charge in [0.25, 0.3) is 5.69 Å². The molecule has 25 heavy (non-hydrogen) atoms. The van der Waals surface area contributed by atoms with Crippen LogP contribution in [0.25, 0.3) is 10.9 Å². The summed E-state index contributed by atoms with van der Waals surface area (Å²) in [4.78, 5) is 26.7. The zero-order valence-corrected chi connectivity index (χ0v) is 13.3. The summed E-state index contributed by atoms with van der Waals surface area (Å²) in [7, 11) is 0. The average Bonchev–Trinajstić information content (AvgIpc) is 2.62. The number of carbonyl (C=O) groups is 1. The molecule has 0 fully saturated rings.